The molecule has 0 aliphatic carbocycles. The number of benzene rings is 1. The van der Waals surface area contributed by atoms with Crippen LogP contribution in [0.4, 0.5) is 5.69 Å². The molecule has 2 aromatic rings. The summed E-state index contributed by atoms with van der Waals surface area (Å²) in [6, 6.07) is 4.90. The van der Waals surface area contributed by atoms with Crippen molar-refractivity contribution in [1.82, 2.24) is 4.98 Å². The third-order valence-corrected chi connectivity index (χ3v) is 3.04. The van der Waals surface area contributed by atoms with E-state index in [1.54, 1.807) is 6.26 Å². The number of rotatable bonds is 5. The van der Waals surface area contributed by atoms with E-state index in [4.69, 9.17) is 14.9 Å². The Morgan fingerprint density at radius 2 is 2.18 bits per heavy atom. The van der Waals surface area contributed by atoms with Crippen LogP contribution in [0.3, 0.4) is 0 Å². The van der Waals surface area contributed by atoms with Crippen LogP contribution in [0.5, 0.6) is 0 Å². The quantitative estimate of drug-likeness (QED) is 0.880. The number of nitrogens with zero attached hydrogens (tertiary/aromatic N) is 1. The number of amides is 1. The molecular formula is C15H20ClN3O3. The normalized spacial score (nSPS) is 11.6. The largest absolute Gasteiger partial charge is 0.444 e. The Labute approximate surface area is 135 Å². The standard InChI is InChI=1S/C15H19N3O3.ClH/c1-9-4-5-11(15-17-10(2)7-21-15)6-13(9)18-14(19)12(16)8-20-3;/h4-7,12H,8,16H2,1-3H3,(H,18,19);1H. The van der Waals surface area contributed by atoms with Crippen molar-refractivity contribution in [3.63, 3.8) is 0 Å². The summed E-state index contributed by atoms with van der Waals surface area (Å²) in [5, 5.41) is 2.80. The molecule has 7 heteroatoms. The molecule has 3 N–H and O–H groups in total. The predicted molar refractivity (Wildman–Crippen MR) is 87.1 cm³/mol. The first-order valence-corrected chi connectivity index (χ1v) is 6.60. The van der Waals surface area contributed by atoms with Crippen molar-refractivity contribution in [3.8, 4) is 11.5 Å². The first kappa shape index (κ1) is 18.2. The van der Waals surface area contributed by atoms with Crippen molar-refractivity contribution in [2.45, 2.75) is 19.9 Å². The van der Waals surface area contributed by atoms with Crippen molar-refractivity contribution in [2.75, 3.05) is 19.0 Å². The van der Waals surface area contributed by atoms with Gasteiger partial charge in [-0.05, 0) is 31.5 Å². The van der Waals surface area contributed by atoms with E-state index in [1.165, 1.54) is 7.11 Å². The number of hydrogen-bond donors (Lipinski definition) is 2. The van der Waals surface area contributed by atoms with E-state index in [2.05, 4.69) is 10.3 Å². The van der Waals surface area contributed by atoms with Crippen molar-refractivity contribution in [2.24, 2.45) is 5.73 Å². The Hall–Kier alpha value is -1.89. The molecule has 0 spiro atoms. The van der Waals surface area contributed by atoms with Gasteiger partial charge in [-0.3, -0.25) is 4.79 Å². The summed E-state index contributed by atoms with van der Waals surface area (Å²) in [7, 11) is 1.50. The number of aryl methyl sites for hydroxylation is 2. The zero-order valence-corrected chi connectivity index (χ0v) is 13.6. The zero-order valence-electron chi connectivity index (χ0n) is 12.8. The fraction of sp³-hybridized carbons (Fsp3) is 0.333. The van der Waals surface area contributed by atoms with E-state index in [-0.39, 0.29) is 24.9 Å². The monoisotopic (exact) mass is 325 g/mol. The number of nitrogens with two attached hydrogens (primary N) is 1. The van der Waals surface area contributed by atoms with E-state index in [1.807, 2.05) is 32.0 Å². The maximum atomic E-state index is 12.0. The molecule has 1 aromatic heterocycles. The Kier molecular flexibility index (Phi) is 6.55. The molecule has 1 heterocycles. The lowest BCUT2D eigenvalue weighted by molar-refractivity contribution is -0.118. The minimum atomic E-state index is -0.706. The summed E-state index contributed by atoms with van der Waals surface area (Å²) in [5.74, 6) is 0.227. The number of carbonyl (C=O) groups is 1. The van der Waals surface area contributed by atoms with Crippen LogP contribution in [0, 0.1) is 13.8 Å². The van der Waals surface area contributed by atoms with Gasteiger partial charge in [0.2, 0.25) is 11.8 Å². The highest BCUT2D eigenvalue weighted by atomic mass is 35.5. The number of nitrogens with one attached hydrogen (secondary N) is 1. The third-order valence-electron chi connectivity index (χ3n) is 3.04. The SMILES string of the molecule is COCC(N)C(=O)Nc1cc(-c2nc(C)co2)ccc1C.Cl. The second-order valence-electron chi connectivity index (χ2n) is 4.87. The Morgan fingerprint density at radius 1 is 1.45 bits per heavy atom. The van der Waals surface area contributed by atoms with Gasteiger partial charge in [0, 0.05) is 18.4 Å². The zero-order chi connectivity index (χ0) is 15.4. The topological polar surface area (TPSA) is 90.4 Å². The van der Waals surface area contributed by atoms with E-state index in [9.17, 15) is 4.79 Å². The molecule has 2 rings (SSSR count). The van der Waals surface area contributed by atoms with Crippen LogP contribution in [0.15, 0.2) is 28.9 Å². The summed E-state index contributed by atoms with van der Waals surface area (Å²) in [6.45, 7) is 3.93. The first-order valence-electron chi connectivity index (χ1n) is 6.60. The van der Waals surface area contributed by atoms with Crippen LogP contribution in [-0.4, -0.2) is 30.6 Å². The molecular weight excluding hydrogens is 306 g/mol. The van der Waals surface area contributed by atoms with E-state index in [0.29, 0.717) is 11.6 Å². The van der Waals surface area contributed by atoms with Crippen LogP contribution in [0.2, 0.25) is 0 Å². The first-order chi connectivity index (χ1) is 10.0. The lowest BCUT2D eigenvalue weighted by Crippen LogP contribution is -2.39. The molecule has 22 heavy (non-hydrogen) atoms. The number of anilines is 1. The fourth-order valence-corrected chi connectivity index (χ4v) is 1.86. The highest BCUT2D eigenvalue weighted by Crippen LogP contribution is 2.25. The number of hydrogen-bond acceptors (Lipinski definition) is 5. The Balaban J connectivity index is 0.00000242. The van der Waals surface area contributed by atoms with Gasteiger partial charge in [0.1, 0.15) is 12.3 Å². The molecule has 1 atom stereocenters. The molecule has 120 valence electrons. The molecule has 6 nitrogen and oxygen atoms in total. The number of carbonyl (C=O) groups excluding carboxylic acids is 1. The second kappa shape index (κ2) is 7.93. The summed E-state index contributed by atoms with van der Waals surface area (Å²) in [4.78, 5) is 16.2. The van der Waals surface area contributed by atoms with Gasteiger partial charge in [0.25, 0.3) is 0 Å². The number of halogens is 1. The van der Waals surface area contributed by atoms with Crippen LogP contribution < -0.4 is 11.1 Å². The molecule has 0 radical (unpaired) electrons. The van der Waals surface area contributed by atoms with E-state index in [0.717, 1.165) is 16.8 Å². The lowest BCUT2D eigenvalue weighted by atomic mass is 10.1. The number of aromatic nitrogens is 1. The molecule has 0 fully saturated rings. The second-order valence-corrected chi connectivity index (χ2v) is 4.87. The molecule has 1 aromatic carbocycles. The van der Waals surface area contributed by atoms with Crippen molar-refractivity contribution in [1.29, 1.82) is 0 Å². The average Bonchev–Trinajstić information content (AvgIpc) is 2.88. The fourth-order valence-electron chi connectivity index (χ4n) is 1.86. The summed E-state index contributed by atoms with van der Waals surface area (Å²) in [5.41, 5.74) is 8.92. The molecule has 0 bridgehead atoms. The number of ether oxygens (including phenoxy) is 1. The highest BCUT2D eigenvalue weighted by Gasteiger charge is 2.15. The minimum absolute atomic E-state index is 0. The van der Waals surface area contributed by atoms with Gasteiger partial charge in [-0.1, -0.05) is 6.07 Å². The predicted octanol–water partition coefficient (Wildman–Crippen LogP) is 2.29. The maximum Gasteiger partial charge on any atom is 0.243 e. The van der Waals surface area contributed by atoms with Gasteiger partial charge in [-0.2, -0.15) is 0 Å². The number of methoxy groups -OCH3 is 1. The van der Waals surface area contributed by atoms with Gasteiger partial charge < -0.3 is 20.2 Å². The molecule has 0 saturated heterocycles. The Bertz CT molecular complexity index is 643. The molecule has 0 aliphatic heterocycles. The van der Waals surface area contributed by atoms with Gasteiger partial charge in [0.15, 0.2) is 0 Å². The van der Waals surface area contributed by atoms with Gasteiger partial charge in [0.05, 0.1) is 12.3 Å². The number of oxazole rings is 1. The summed E-state index contributed by atoms with van der Waals surface area (Å²) < 4.78 is 10.2. The lowest BCUT2D eigenvalue weighted by Gasteiger charge is -2.13. The van der Waals surface area contributed by atoms with Crippen molar-refractivity contribution < 1.29 is 13.9 Å². The molecule has 1 amide bonds. The maximum absolute atomic E-state index is 12.0. The average molecular weight is 326 g/mol. The van der Waals surface area contributed by atoms with Crippen LogP contribution >= 0.6 is 12.4 Å². The smallest absolute Gasteiger partial charge is 0.243 e. The van der Waals surface area contributed by atoms with Gasteiger partial charge in [-0.15, -0.1) is 12.4 Å². The van der Waals surface area contributed by atoms with E-state index >= 15 is 0 Å². The van der Waals surface area contributed by atoms with Crippen LogP contribution in [-0.2, 0) is 9.53 Å². The summed E-state index contributed by atoms with van der Waals surface area (Å²) >= 11 is 0. The third kappa shape index (κ3) is 4.30. The van der Waals surface area contributed by atoms with Gasteiger partial charge in [-0.25, -0.2) is 4.98 Å². The van der Waals surface area contributed by atoms with Crippen LogP contribution in [0.25, 0.3) is 11.5 Å². The molecule has 0 aliphatic rings. The van der Waals surface area contributed by atoms with E-state index < -0.39 is 6.04 Å². The Morgan fingerprint density at radius 3 is 2.77 bits per heavy atom. The van der Waals surface area contributed by atoms with Crippen molar-refractivity contribution >= 4 is 24.0 Å². The van der Waals surface area contributed by atoms with Crippen LogP contribution in [0.1, 0.15) is 11.3 Å². The van der Waals surface area contributed by atoms with Crippen molar-refractivity contribution in [3.05, 3.63) is 35.7 Å². The summed E-state index contributed by atoms with van der Waals surface area (Å²) in [6.07, 6.45) is 1.59. The highest BCUT2D eigenvalue weighted by molar-refractivity contribution is 5.95. The minimum Gasteiger partial charge on any atom is -0.444 e. The molecule has 0 saturated carbocycles. The molecule has 1 unspecified atom stereocenters. The van der Waals surface area contributed by atoms with Gasteiger partial charge >= 0.3 is 0 Å².